The van der Waals surface area contributed by atoms with E-state index in [0.29, 0.717) is 45.3 Å². The number of aryl methyl sites for hydroxylation is 1. The van der Waals surface area contributed by atoms with Gasteiger partial charge in [0.2, 0.25) is 11.8 Å². The molecule has 0 radical (unpaired) electrons. The van der Waals surface area contributed by atoms with E-state index in [2.05, 4.69) is 5.32 Å². The van der Waals surface area contributed by atoms with Gasteiger partial charge in [0, 0.05) is 37.0 Å². The number of likely N-dealkylation sites (tertiary alicyclic amines) is 2. The number of rotatable bonds is 5. The van der Waals surface area contributed by atoms with Gasteiger partial charge in [-0.1, -0.05) is 30.3 Å². The summed E-state index contributed by atoms with van der Waals surface area (Å²) in [7, 11) is 0. The van der Waals surface area contributed by atoms with E-state index >= 15 is 0 Å². The molecule has 4 rings (SSSR count). The first kappa shape index (κ1) is 20.6. The summed E-state index contributed by atoms with van der Waals surface area (Å²) < 4.78 is 0. The van der Waals surface area contributed by atoms with Crippen LogP contribution in [0.4, 0.5) is 0 Å². The minimum Gasteiger partial charge on any atom is -0.350 e. The standard InChI is InChI=1S/C23H27N3O3S/c1-16-7-9-20(30-16)23(29)25-13-11-18(12-14-25)26-19(8-10-21(26)27)22(28)24-15-17-5-3-2-4-6-17/h2-7,9,18-19H,8,10-15H2,1H3,(H,24,28). The number of thiophene rings is 1. The molecule has 1 aromatic heterocycles. The van der Waals surface area contributed by atoms with E-state index in [1.54, 1.807) is 4.90 Å². The van der Waals surface area contributed by atoms with E-state index in [1.807, 2.05) is 54.3 Å². The Morgan fingerprint density at radius 2 is 1.80 bits per heavy atom. The molecular weight excluding hydrogens is 398 g/mol. The van der Waals surface area contributed by atoms with Crippen molar-refractivity contribution in [3.05, 3.63) is 57.8 Å². The summed E-state index contributed by atoms with van der Waals surface area (Å²) in [4.78, 5) is 43.6. The van der Waals surface area contributed by atoms with E-state index < -0.39 is 6.04 Å². The second-order valence-electron chi connectivity index (χ2n) is 7.99. The molecular formula is C23H27N3O3S. The fourth-order valence-corrected chi connectivity index (χ4v) is 5.21. The molecule has 30 heavy (non-hydrogen) atoms. The van der Waals surface area contributed by atoms with Gasteiger partial charge in [-0.3, -0.25) is 14.4 Å². The Labute approximate surface area is 180 Å². The van der Waals surface area contributed by atoms with Crippen molar-refractivity contribution in [1.82, 2.24) is 15.1 Å². The minimum atomic E-state index is -0.409. The average molecular weight is 426 g/mol. The lowest BCUT2D eigenvalue weighted by Gasteiger charge is -2.39. The average Bonchev–Trinajstić information content (AvgIpc) is 3.38. The molecule has 0 aliphatic carbocycles. The number of benzene rings is 1. The molecule has 2 saturated heterocycles. The molecule has 2 aromatic rings. The molecule has 0 saturated carbocycles. The summed E-state index contributed by atoms with van der Waals surface area (Å²) >= 11 is 1.52. The number of amides is 3. The van der Waals surface area contributed by atoms with Crippen molar-refractivity contribution in [3.63, 3.8) is 0 Å². The van der Waals surface area contributed by atoms with Gasteiger partial charge >= 0.3 is 0 Å². The zero-order chi connectivity index (χ0) is 21.1. The van der Waals surface area contributed by atoms with Crippen LogP contribution < -0.4 is 5.32 Å². The Morgan fingerprint density at radius 3 is 2.47 bits per heavy atom. The summed E-state index contributed by atoms with van der Waals surface area (Å²) in [5, 5.41) is 2.99. The van der Waals surface area contributed by atoms with Crippen LogP contribution in [0.1, 0.15) is 45.8 Å². The second kappa shape index (κ2) is 9.00. The molecule has 1 N–H and O–H groups in total. The van der Waals surface area contributed by atoms with Crippen molar-refractivity contribution in [1.29, 1.82) is 0 Å². The van der Waals surface area contributed by atoms with Crippen LogP contribution in [-0.2, 0) is 16.1 Å². The van der Waals surface area contributed by atoms with Crippen LogP contribution in [0.5, 0.6) is 0 Å². The van der Waals surface area contributed by atoms with Gasteiger partial charge in [-0.25, -0.2) is 0 Å². The zero-order valence-corrected chi connectivity index (χ0v) is 18.0. The summed E-state index contributed by atoms with van der Waals surface area (Å²) in [5.74, 6) is 0.0299. The Kier molecular flexibility index (Phi) is 6.18. The van der Waals surface area contributed by atoms with Gasteiger partial charge in [-0.15, -0.1) is 11.3 Å². The van der Waals surface area contributed by atoms with E-state index in [-0.39, 0.29) is 23.8 Å². The first-order valence-corrected chi connectivity index (χ1v) is 11.3. The molecule has 1 aromatic carbocycles. The van der Waals surface area contributed by atoms with Crippen LogP contribution in [0.2, 0.25) is 0 Å². The highest BCUT2D eigenvalue weighted by Gasteiger charge is 2.41. The van der Waals surface area contributed by atoms with E-state index in [0.717, 1.165) is 15.3 Å². The molecule has 2 aliphatic heterocycles. The number of carbonyl (C=O) groups excluding carboxylic acids is 3. The van der Waals surface area contributed by atoms with Crippen LogP contribution in [0, 0.1) is 6.92 Å². The minimum absolute atomic E-state index is 0.0154. The fraction of sp³-hybridized carbons (Fsp3) is 0.435. The smallest absolute Gasteiger partial charge is 0.263 e. The lowest BCUT2D eigenvalue weighted by atomic mass is 10.0. The topological polar surface area (TPSA) is 69.7 Å². The molecule has 3 heterocycles. The normalized spacial score (nSPS) is 19.9. The molecule has 1 atom stereocenters. The van der Waals surface area contributed by atoms with Gasteiger partial charge in [-0.05, 0) is 43.9 Å². The van der Waals surface area contributed by atoms with Crippen molar-refractivity contribution in [2.24, 2.45) is 0 Å². The largest absolute Gasteiger partial charge is 0.350 e. The van der Waals surface area contributed by atoms with Gasteiger partial charge in [0.25, 0.3) is 5.91 Å². The van der Waals surface area contributed by atoms with Crippen molar-refractivity contribution < 1.29 is 14.4 Å². The number of nitrogens with zero attached hydrogens (tertiary/aromatic N) is 2. The maximum atomic E-state index is 12.8. The van der Waals surface area contributed by atoms with E-state index in [9.17, 15) is 14.4 Å². The Hall–Kier alpha value is -2.67. The predicted octanol–water partition coefficient (Wildman–Crippen LogP) is 2.97. The van der Waals surface area contributed by atoms with E-state index in [1.165, 1.54) is 11.3 Å². The van der Waals surface area contributed by atoms with Crippen LogP contribution in [0.3, 0.4) is 0 Å². The van der Waals surface area contributed by atoms with Crippen molar-refractivity contribution >= 4 is 29.1 Å². The number of hydrogen-bond acceptors (Lipinski definition) is 4. The number of carbonyl (C=O) groups is 3. The molecule has 1 unspecified atom stereocenters. The first-order valence-electron chi connectivity index (χ1n) is 10.5. The third kappa shape index (κ3) is 4.41. The van der Waals surface area contributed by atoms with Gasteiger partial charge in [0.1, 0.15) is 6.04 Å². The Morgan fingerprint density at radius 1 is 1.07 bits per heavy atom. The number of piperidine rings is 1. The van der Waals surface area contributed by atoms with Crippen molar-refractivity contribution in [3.8, 4) is 0 Å². The SMILES string of the molecule is Cc1ccc(C(=O)N2CCC(N3C(=O)CCC3C(=O)NCc3ccccc3)CC2)s1. The molecule has 2 aliphatic rings. The highest BCUT2D eigenvalue weighted by Crippen LogP contribution is 2.28. The highest BCUT2D eigenvalue weighted by molar-refractivity contribution is 7.13. The molecule has 3 amide bonds. The lowest BCUT2D eigenvalue weighted by molar-refractivity contribution is -0.138. The van der Waals surface area contributed by atoms with Gasteiger partial charge in [0.05, 0.1) is 4.88 Å². The Balaban J connectivity index is 1.35. The fourth-order valence-electron chi connectivity index (χ4n) is 4.37. The summed E-state index contributed by atoms with van der Waals surface area (Å²) in [6.45, 7) is 3.69. The number of nitrogens with one attached hydrogen (secondary N) is 1. The maximum Gasteiger partial charge on any atom is 0.263 e. The van der Waals surface area contributed by atoms with Crippen LogP contribution >= 0.6 is 11.3 Å². The first-order chi connectivity index (χ1) is 14.5. The van der Waals surface area contributed by atoms with Gasteiger partial charge in [-0.2, -0.15) is 0 Å². The second-order valence-corrected chi connectivity index (χ2v) is 9.28. The monoisotopic (exact) mass is 425 g/mol. The molecule has 7 heteroatoms. The summed E-state index contributed by atoms with van der Waals surface area (Å²) in [5.41, 5.74) is 1.04. The van der Waals surface area contributed by atoms with Crippen molar-refractivity contribution in [2.75, 3.05) is 13.1 Å². The van der Waals surface area contributed by atoms with Gasteiger partial charge in [0.15, 0.2) is 0 Å². The van der Waals surface area contributed by atoms with Crippen LogP contribution in [-0.4, -0.2) is 52.7 Å². The molecule has 0 spiro atoms. The van der Waals surface area contributed by atoms with E-state index in [4.69, 9.17) is 0 Å². The van der Waals surface area contributed by atoms with Crippen molar-refractivity contribution in [2.45, 2.75) is 51.2 Å². The predicted molar refractivity (Wildman–Crippen MR) is 116 cm³/mol. The molecule has 0 bridgehead atoms. The molecule has 158 valence electrons. The summed E-state index contributed by atoms with van der Waals surface area (Å²) in [6, 6.07) is 13.2. The summed E-state index contributed by atoms with van der Waals surface area (Å²) in [6.07, 6.45) is 2.40. The maximum absolute atomic E-state index is 12.8. The Bertz CT molecular complexity index is 919. The molecule has 6 nitrogen and oxygen atoms in total. The van der Waals surface area contributed by atoms with Gasteiger partial charge < -0.3 is 15.1 Å². The third-order valence-corrected chi connectivity index (χ3v) is 6.95. The zero-order valence-electron chi connectivity index (χ0n) is 17.2. The highest BCUT2D eigenvalue weighted by atomic mass is 32.1. The number of hydrogen-bond donors (Lipinski definition) is 1. The third-order valence-electron chi connectivity index (χ3n) is 5.96. The quantitative estimate of drug-likeness (QED) is 0.801. The van der Waals surface area contributed by atoms with Crippen LogP contribution in [0.25, 0.3) is 0 Å². The van der Waals surface area contributed by atoms with Crippen LogP contribution in [0.15, 0.2) is 42.5 Å². The molecule has 2 fully saturated rings. The lowest BCUT2D eigenvalue weighted by Crippen LogP contribution is -2.53.